The van der Waals surface area contributed by atoms with Crippen molar-refractivity contribution < 1.29 is 4.79 Å². The number of aromatic nitrogens is 3. The second-order valence-corrected chi connectivity index (χ2v) is 10.4. The Morgan fingerprint density at radius 1 is 0.886 bits per heavy atom. The normalized spacial score (nSPS) is 16.2. The highest BCUT2D eigenvalue weighted by atomic mass is 32.2. The van der Waals surface area contributed by atoms with Crippen molar-refractivity contribution in [2.24, 2.45) is 0 Å². The SMILES string of the molecule is C[C@H](Sc1nnc([C@@H](C)N2CCCCC2)n1-c1ccccc1)C(=O)Nc1ccc2ccccc2c1. The lowest BCUT2D eigenvalue weighted by Crippen LogP contribution is -2.33. The Morgan fingerprint density at radius 3 is 2.37 bits per heavy atom. The summed E-state index contributed by atoms with van der Waals surface area (Å²) in [6.45, 7) is 6.28. The fourth-order valence-corrected chi connectivity index (χ4v) is 5.51. The van der Waals surface area contributed by atoms with Gasteiger partial charge < -0.3 is 5.32 Å². The van der Waals surface area contributed by atoms with E-state index in [2.05, 4.69) is 56.2 Å². The van der Waals surface area contributed by atoms with E-state index < -0.39 is 0 Å². The zero-order chi connectivity index (χ0) is 24.2. The summed E-state index contributed by atoms with van der Waals surface area (Å²) < 4.78 is 2.11. The van der Waals surface area contributed by atoms with E-state index in [1.165, 1.54) is 31.0 Å². The van der Waals surface area contributed by atoms with Gasteiger partial charge in [0.1, 0.15) is 0 Å². The number of para-hydroxylation sites is 1. The molecule has 6 nitrogen and oxygen atoms in total. The molecule has 1 N–H and O–H groups in total. The van der Waals surface area contributed by atoms with Crippen molar-refractivity contribution in [1.29, 1.82) is 0 Å². The maximum Gasteiger partial charge on any atom is 0.237 e. The van der Waals surface area contributed by atoms with E-state index >= 15 is 0 Å². The van der Waals surface area contributed by atoms with E-state index in [9.17, 15) is 4.79 Å². The van der Waals surface area contributed by atoms with Gasteiger partial charge >= 0.3 is 0 Å². The Morgan fingerprint density at radius 2 is 1.60 bits per heavy atom. The zero-order valence-corrected chi connectivity index (χ0v) is 21.0. The average Bonchev–Trinajstić information content (AvgIpc) is 3.32. The van der Waals surface area contributed by atoms with Crippen LogP contribution in [-0.4, -0.2) is 43.9 Å². The monoisotopic (exact) mass is 485 g/mol. The number of carbonyl (C=O) groups is 1. The molecule has 1 amide bonds. The fourth-order valence-electron chi connectivity index (χ4n) is 4.64. The molecule has 1 aromatic heterocycles. The lowest BCUT2D eigenvalue weighted by molar-refractivity contribution is -0.115. The van der Waals surface area contributed by atoms with Crippen molar-refractivity contribution in [2.45, 2.75) is 49.6 Å². The van der Waals surface area contributed by atoms with E-state index in [4.69, 9.17) is 0 Å². The fraction of sp³-hybridized carbons (Fsp3) is 0.321. The van der Waals surface area contributed by atoms with Crippen LogP contribution in [0.2, 0.25) is 0 Å². The van der Waals surface area contributed by atoms with Crippen LogP contribution in [0.5, 0.6) is 0 Å². The number of likely N-dealkylation sites (tertiary alicyclic amines) is 1. The predicted molar refractivity (Wildman–Crippen MR) is 143 cm³/mol. The molecule has 0 radical (unpaired) electrons. The summed E-state index contributed by atoms with van der Waals surface area (Å²) in [7, 11) is 0. The van der Waals surface area contributed by atoms with Crippen LogP contribution in [0.3, 0.4) is 0 Å². The molecule has 4 aromatic rings. The minimum atomic E-state index is -0.341. The summed E-state index contributed by atoms with van der Waals surface area (Å²) in [5, 5.41) is 14.9. The Hall–Kier alpha value is -3.16. The molecule has 180 valence electrons. The third kappa shape index (κ3) is 5.26. The van der Waals surface area contributed by atoms with Crippen molar-refractivity contribution in [2.75, 3.05) is 18.4 Å². The molecule has 2 heterocycles. The summed E-state index contributed by atoms with van der Waals surface area (Å²) in [5.74, 6) is 0.862. The van der Waals surface area contributed by atoms with Gasteiger partial charge in [0.15, 0.2) is 11.0 Å². The van der Waals surface area contributed by atoms with Crippen LogP contribution in [0.4, 0.5) is 5.69 Å². The number of nitrogens with one attached hydrogen (secondary N) is 1. The van der Waals surface area contributed by atoms with Crippen LogP contribution in [-0.2, 0) is 4.79 Å². The van der Waals surface area contributed by atoms with Crippen molar-refractivity contribution in [3.8, 4) is 5.69 Å². The molecule has 2 atom stereocenters. The van der Waals surface area contributed by atoms with Crippen molar-refractivity contribution in [3.05, 3.63) is 78.6 Å². The number of nitrogens with zero attached hydrogens (tertiary/aromatic N) is 4. The van der Waals surface area contributed by atoms with Gasteiger partial charge in [-0.05, 0) is 74.8 Å². The number of amides is 1. The molecule has 0 spiro atoms. The van der Waals surface area contributed by atoms with Crippen LogP contribution in [0.1, 0.15) is 45.0 Å². The highest BCUT2D eigenvalue weighted by Gasteiger charge is 2.27. The minimum Gasteiger partial charge on any atom is -0.325 e. The Kier molecular flexibility index (Phi) is 7.16. The molecule has 3 aromatic carbocycles. The number of rotatable bonds is 7. The standard InChI is InChI=1S/C28H31N5OS/c1-20(32-17-9-4-10-18-32)26-30-31-28(33(26)25-13-5-3-6-14-25)35-21(2)27(34)29-24-16-15-22-11-7-8-12-23(22)19-24/h3,5-8,11-16,19-21H,4,9-10,17-18H2,1-2H3,(H,29,34)/t20-,21+/m1/s1. The first-order valence-corrected chi connectivity index (χ1v) is 13.2. The van der Waals surface area contributed by atoms with E-state index in [1.807, 2.05) is 55.5 Å². The predicted octanol–water partition coefficient (Wildman–Crippen LogP) is 6.09. The van der Waals surface area contributed by atoms with Gasteiger partial charge in [-0.15, -0.1) is 10.2 Å². The van der Waals surface area contributed by atoms with Gasteiger partial charge in [-0.1, -0.05) is 66.7 Å². The third-order valence-corrected chi connectivity index (χ3v) is 7.70. The highest BCUT2D eigenvalue weighted by molar-refractivity contribution is 8.00. The first-order valence-electron chi connectivity index (χ1n) is 12.3. The third-order valence-electron chi connectivity index (χ3n) is 6.65. The molecule has 1 fully saturated rings. The molecular formula is C28H31N5OS. The second kappa shape index (κ2) is 10.6. The Balaban J connectivity index is 1.37. The minimum absolute atomic E-state index is 0.0569. The van der Waals surface area contributed by atoms with Gasteiger partial charge in [-0.2, -0.15) is 0 Å². The second-order valence-electron chi connectivity index (χ2n) is 9.10. The van der Waals surface area contributed by atoms with Gasteiger partial charge in [0.05, 0.1) is 11.3 Å². The van der Waals surface area contributed by atoms with Gasteiger partial charge in [-0.25, -0.2) is 0 Å². The number of anilines is 1. The smallest absolute Gasteiger partial charge is 0.237 e. The molecule has 0 unspecified atom stereocenters. The maximum atomic E-state index is 13.1. The molecule has 1 aliphatic rings. The molecule has 0 saturated carbocycles. The molecule has 7 heteroatoms. The zero-order valence-electron chi connectivity index (χ0n) is 20.2. The van der Waals surface area contributed by atoms with E-state index in [0.29, 0.717) is 0 Å². The number of carbonyl (C=O) groups excluding carboxylic acids is 1. The van der Waals surface area contributed by atoms with Crippen LogP contribution in [0.15, 0.2) is 78.0 Å². The number of fused-ring (bicyclic) bond motifs is 1. The van der Waals surface area contributed by atoms with Crippen LogP contribution >= 0.6 is 11.8 Å². The van der Waals surface area contributed by atoms with Gasteiger partial charge in [0.25, 0.3) is 0 Å². The lowest BCUT2D eigenvalue weighted by atomic mass is 10.1. The van der Waals surface area contributed by atoms with Crippen LogP contribution in [0.25, 0.3) is 16.5 Å². The molecule has 1 saturated heterocycles. The summed E-state index contributed by atoms with van der Waals surface area (Å²) in [6, 6.07) is 24.5. The largest absolute Gasteiger partial charge is 0.325 e. The van der Waals surface area contributed by atoms with E-state index in [-0.39, 0.29) is 17.2 Å². The highest BCUT2D eigenvalue weighted by Crippen LogP contribution is 2.31. The van der Waals surface area contributed by atoms with E-state index in [1.54, 1.807) is 0 Å². The molecule has 5 rings (SSSR count). The molecule has 0 bridgehead atoms. The molecule has 0 aliphatic carbocycles. The number of piperidine rings is 1. The summed E-state index contributed by atoms with van der Waals surface area (Å²) >= 11 is 1.44. The maximum absolute atomic E-state index is 13.1. The van der Waals surface area contributed by atoms with E-state index in [0.717, 1.165) is 46.2 Å². The molecular weight excluding hydrogens is 454 g/mol. The summed E-state index contributed by atoms with van der Waals surface area (Å²) in [5.41, 5.74) is 1.81. The quantitative estimate of drug-likeness (QED) is 0.321. The van der Waals surface area contributed by atoms with Gasteiger partial charge in [0, 0.05) is 11.4 Å². The van der Waals surface area contributed by atoms with Gasteiger partial charge in [-0.3, -0.25) is 14.3 Å². The number of hydrogen-bond acceptors (Lipinski definition) is 5. The Labute approximate surface area is 210 Å². The number of benzene rings is 3. The number of hydrogen-bond donors (Lipinski definition) is 1. The van der Waals surface area contributed by atoms with Crippen molar-refractivity contribution in [1.82, 2.24) is 19.7 Å². The summed E-state index contributed by atoms with van der Waals surface area (Å²) in [4.78, 5) is 15.6. The summed E-state index contributed by atoms with van der Waals surface area (Å²) in [6.07, 6.45) is 3.73. The molecule has 35 heavy (non-hydrogen) atoms. The molecule has 1 aliphatic heterocycles. The first kappa shape index (κ1) is 23.6. The van der Waals surface area contributed by atoms with Gasteiger partial charge in [0.2, 0.25) is 5.91 Å². The topological polar surface area (TPSA) is 63.1 Å². The first-order chi connectivity index (χ1) is 17.1. The van der Waals surface area contributed by atoms with Crippen LogP contribution < -0.4 is 5.32 Å². The number of thioether (sulfide) groups is 1. The average molecular weight is 486 g/mol. The Bertz CT molecular complexity index is 1300. The lowest BCUT2D eigenvalue weighted by Gasteiger charge is -2.32. The van der Waals surface area contributed by atoms with Crippen LogP contribution in [0, 0.1) is 0 Å². The van der Waals surface area contributed by atoms with Crippen molar-refractivity contribution >= 4 is 34.1 Å². The van der Waals surface area contributed by atoms with Crippen molar-refractivity contribution in [3.63, 3.8) is 0 Å².